The van der Waals surface area contributed by atoms with E-state index in [1.807, 2.05) is 6.07 Å². The second-order valence-electron chi connectivity index (χ2n) is 4.61. The number of hydrogen-bond acceptors (Lipinski definition) is 4. The molecule has 6 heteroatoms. The van der Waals surface area contributed by atoms with Gasteiger partial charge in [0.15, 0.2) is 5.69 Å². The average molecular weight is 315 g/mol. The summed E-state index contributed by atoms with van der Waals surface area (Å²) >= 11 is 6.02. The zero-order chi connectivity index (χ0) is 15.5. The van der Waals surface area contributed by atoms with Crippen molar-refractivity contribution in [2.45, 2.75) is 6.61 Å². The summed E-state index contributed by atoms with van der Waals surface area (Å²) in [4.78, 5) is 23.9. The molecule has 2 aromatic carbocycles. The first kappa shape index (κ1) is 14.3. The Balaban J connectivity index is 1.89. The highest BCUT2D eigenvalue weighted by molar-refractivity contribution is 6.31. The zero-order valence-electron chi connectivity index (χ0n) is 11.4. The van der Waals surface area contributed by atoms with Crippen molar-refractivity contribution in [2.75, 3.05) is 0 Å². The second-order valence-corrected chi connectivity index (χ2v) is 5.02. The molecular formula is C16H11ClN2O3. The van der Waals surface area contributed by atoms with Crippen LogP contribution < -0.4 is 5.56 Å². The summed E-state index contributed by atoms with van der Waals surface area (Å²) in [7, 11) is 0. The minimum Gasteiger partial charge on any atom is -0.456 e. The van der Waals surface area contributed by atoms with Gasteiger partial charge in [0.1, 0.15) is 6.61 Å². The van der Waals surface area contributed by atoms with Gasteiger partial charge in [-0.3, -0.25) is 4.79 Å². The third kappa shape index (κ3) is 2.71. The van der Waals surface area contributed by atoms with E-state index in [9.17, 15) is 9.59 Å². The molecule has 1 aromatic heterocycles. The number of esters is 1. The highest BCUT2D eigenvalue weighted by Gasteiger charge is 2.15. The number of ether oxygens (including phenoxy) is 1. The monoisotopic (exact) mass is 314 g/mol. The number of carbonyl (C=O) groups excluding carboxylic acids is 1. The highest BCUT2D eigenvalue weighted by atomic mass is 35.5. The van der Waals surface area contributed by atoms with Crippen LogP contribution in [0.5, 0.6) is 0 Å². The molecule has 1 heterocycles. The van der Waals surface area contributed by atoms with Crippen molar-refractivity contribution in [1.29, 1.82) is 0 Å². The Morgan fingerprint density at radius 1 is 1.09 bits per heavy atom. The first-order valence-electron chi connectivity index (χ1n) is 6.55. The molecule has 0 bridgehead atoms. The van der Waals surface area contributed by atoms with E-state index in [-0.39, 0.29) is 17.9 Å². The smallest absolute Gasteiger partial charge is 0.359 e. The maximum Gasteiger partial charge on any atom is 0.359 e. The molecule has 0 saturated heterocycles. The fourth-order valence-corrected chi connectivity index (χ4v) is 2.29. The van der Waals surface area contributed by atoms with E-state index in [0.717, 1.165) is 0 Å². The van der Waals surface area contributed by atoms with E-state index in [2.05, 4.69) is 10.2 Å². The van der Waals surface area contributed by atoms with Gasteiger partial charge in [0.2, 0.25) is 0 Å². The predicted octanol–water partition coefficient (Wildman–Crippen LogP) is 2.93. The van der Waals surface area contributed by atoms with Gasteiger partial charge in [0, 0.05) is 16.0 Å². The molecule has 0 amide bonds. The van der Waals surface area contributed by atoms with Gasteiger partial charge in [0.25, 0.3) is 5.56 Å². The lowest BCUT2D eigenvalue weighted by Crippen LogP contribution is -2.16. The lowest BCUT2D eigenvalue weighted by Gasteiger charge is -2.07. The summed E-state index contributed by atoms with van der Waals surface area (Å²) in [5.41, 5.74) is 0.423. The summed E-state index contributed by atoms with van der Waals surface area (Å²) in [5.74, 6) is -0.618. The highest BCUT2D eigenvalue weighted by Crippen LogP contribution is 2.18. The van der Waals surface area contributed by atoms with Crippen molar-refractivity contribution in [3.8, 4) is 0 Å². The van der Waals surface area contributed by atoms with Gasteiger partial charge in [-0.25, -0.2) is 9.89 Å². The van der Waals surface area contributed by atoms with Crippen LogP contribution >= 0.6 is 11.6 Å². The Kier molecular flexibility index (Phi) is 3.89. The molecule has 3 rings (SSSR count). The van der Waals surface area contributed by atoms with E-state index in [1.165, 1.54) is 0 Å². The van der Waals surface area contributed by atoms with Gasteiger partial charge in [-0.2, -0.15) is 5.10 Å². The molecule has 0 aliphatic rings. The topological polar surface area (TPSA) is 72.0 Å². The Hall–Kier alpha value is -2.66. The van der Waals surface area contributed by atoms with Crippen LogP contribution in [0.15, 0.2) is 53.3 Å². The molecule has 0 saturated carbocycles. The first-order chi connectivity index (χ1) is 10.7. The molecule has 0 aliphatic heterocycles. The maximum atomic E-state index is 12.2. The number of benzene rings is 2. The van der Waals surface area contributed by atoms with Crippen molar-refractivity contribution < 1.29 is 9.53 Å². The maximum absolute atomic E-state index is 12.2. The van der Waals surface area contributed by atoms with E-state index < -0.39 is 5.97 Å². The van der Waals surface area contributed by atoms with Crippen LogP contribution in [0.1, 0.15) is 16.1 Å². The Morgan fingerprint density at radius 3 is 2.55 bits per heavy atom. The second kappa shape index (κ2) is 5.99. The Morgan fingerprint density at radius 2 is 1.77 bits per heavy atom. The van der Waals surface area contributed by atoms with Gasteiger partial charge >= 0.3 is 5.97 Å². The van der Waals surface area contributed by atoms with E-state index >= 15 is 0 Å². The molecule has 0 unspecified atom stereocenters. The van der Waals surface area contributed by atoms with Gasteiger partial charge in [-0.1, -0.05) is 48.0 Å². The van der Waals surface area contributed by atoms with Crippen molar-refractivity contribution in [3.05, 3.63) is 75.2 Å². The van der Waals surface area contributed by atoms with Crippen LogP contribution in [0.2, 0.25) is 5.02 Å². The normalized spacial score (nSPS) is 10.6. The third-order valence-electron chi connectivity index (χ3n) is 3.21. The summed E-state index contributed by atoms with van der Waals surface area (Å²) in [6.07, 6.45) is 0. The Bertz CT molecular complexity index is 905. The fourth-order valence-electron chi connectivity index (χ4n) is 2.10. The number of H-pyrrole nitrogens is 1. The van der Waals surface area contributed by atoms with Crippen LogP contribution in [-0.4, -0.2) is 16.2 Å². The quantitative estimate of drug-likeness (QED) is 0.754. The molecule has 0 fully saturated rings. The standard InChI is InChI=1S/C16H11ClN2O3/c17-13-8-4-1-5-10(13)9-22-16(21)14-11-6-2-3-7-12(11)15(20)19-18-14/h1-8H,9H2,(H,19,20). The zero-order valence-corrected chi connectivity index (χ0v) is 12.1. The largest absolute Gasteiger partial charge is 0.456 e. The summed E-state index contributed by atoms with van der Waals surface area (Å²) in [5, 5.41) is 7.46. The molecule has 0 aliphatic carbocycles. The molecular weight excluding hydrogens is 304 g/mol. The van der Waals surface area contributed by atoms with Gasteiger partial charge in [-0.05, 0) is 12.1 Å². The average Bonchev–Trinajstić information content (AvgIpc) is 2.54. The third-order valence-corrected chi connectivity index (χ3v) is 3.57. The number of aromatic nitrogens is 2. The van der Waals surface area contributed by atoms with E-state index in [1.54, 1.807) is 42.5 Å². The molecule has 110 valence electrons. The summed E-state index contributed by atoms with van der Waals surface area (Å²) < 4.78 is 5.24. The molecule has 0 spiro atoms. The predicted molar refractivity (Wildman–Crippen MR) is 82.9 cm³/mol. The number of nitrogens with zero attached hydrogens (tertiary/aromatic N) is 1. The van der Waals surface area contributed by atoms with Gasteiger partial charge in [-0.15, -0.1) is 0 Å². The van der Waals surface area contributed by atoms with Crippen LogP contribution in [0, 0.1) is 0 Å². The number of carbonyl (C=O) groups is 1. The SMILES string of the molecule is O=C(OCc1ccccc1Cl)c1n[nH]c(=O)c2ccccc12. The lowest BCUT2D eigenvalue weighted by molar-refractivity contribution is 0.0467. The number of halogens is 1. The van der Waals surface area contributed by atoms with Crippen LogP contribution in [0.4, 0.5) is 0 Å². The van der Waals surface area contributed by atoms with Gasteiger partial charge in [0.05, 0.1) is 5.39 Å². The minimum absolute atomic E-state index is 0.0354. The van der Waals surface area contributed by atoms with Crippen LogP contribution in [-0.2, 0) is 11.3 Å². The number of aromatic amines is 1. The molecule has 3 aromatic rings. The molecule has 22 heavy (non-hydrogen) atoms. The molecule has 1 N–H and O–H groups in total. The number of fused-ring (bicyclic) bond motifs is 1. The minimum atomic E-state index is -0.618. The molecule has 0 radical (unpaired) electrons. The first-order valence-corrected chi connectivity index (χ1v) is 6.92. The lowest BCUT2D eigenvalue weighted by atomic mass is 10.1. The number of rotatable bonds is 3. The van der Waals surface area contributed by atoms with Crippen LogP contribution in [0.25, 0.3) is 10.8 Å². The van der Waals surface area contributed by atoms with Gasteiger partial charge < -0.3 is 4.74 Å². The van der Waals surface area contributed by atoms with Crippen molar-refractivity contribution in [1.82, 2.24) is 10.2 Å². The van der Waals surface area contributed by atoms with Crippen molar-refractivity contribution in [2.24, 2.45) is 0 Å². The summed E-state index contributed by atoms with van der Waals surface area (Å²) in [6, 6.07) is 13.8. The fraction of sp³-hybridized carbons (Fsp3) is 0.0625. The summed E-state index contributed by atoms with van der Waals surface area (Å²) in [6.45, 7) is 0.0354. The van der Waals surface area contributed by atoms with Crippen molar-refractivity contribution >= 4 is 28.3 Å². The van der Waals surface area contributed by atoms with Crippen molar-refractivity contribution in [3.63, 3.8) is 0 Å². The number of nitrogens with one attached hydrogen (secondary N) is 1. The Labute approximate surface area is 130 Å². The van der Waals surface area contributed by atoms with E-state index in [0.29, 0.717) is 21.4 Å². The molecule has 0 atom stereocenters. The molecule has 5 nitrogen and oxygen atoms in total. The van der Waals surface area contributed by atoms with Crippen LogP contribution in [0.3, 0.4) is 0 Å². The number of hydrogen-bond donors (Lipinski definition) is 1. The van der Waals surface area contributed by atoms with E-state index in [4.69, 9.17) is 16.3 Å².